The first-order valence-electron chi connectivity index (χ1n) is 7.37. The third-order valence-electron chi connectivity index (χ3n) is 3.30. The van der Waals surface area contributed by atoms with Gasteiger partial charge in [0.15, 0.2) is 0 Å². The Morgan fingerprint density at radius 3 is 2.38 bits per heavy atom. The smallest absolute Gasteiger partial charge is 0.275 e. The second-order valence-electron chi connectivity index (χ2n) is 5.09. The van der Waals surface area contributed by atoms with Crippen LogP contribution >= 0.6 is 0 Å². The van der Waals surface area contributed by atoms with Crippen LogP contribution in [0.3, 0.4) is 0 Å². The predicted octanol–water partition coefficient (Wildman–Crippen LogP) is 3.48. The molecule has 0 unspecified atom stereocenters. The summed E-state index contributed by atoms with van der Waals surface area (Å²) in [5.41, 5.74) is 1.80. The van der Waals surface area contributed by atoms with Crippen LogP contribution in [0, 0.1) is 5.82 Å². The van der Waals surface area contributed by atoms with Crippen LogP contribution in [-0.2, 0) is 6.54 Å². The van der Waals surface area contributed by atoms with E-state index in [0.29, 0.717) is 18.1 Å². The van der Waals surface area contributed by atoms with E-state index in [0.717, 1.165) is 5.56 Å². The molecule has 0 aliphatic carbocycles. The fraction of sp³-hybridized carbons (Fsp3) is 0.0556. The number of amides is 1. The van der Waals surface area contributed by atoms with Crippen molar-refractivity contribution in [1.29, 1.82) is 0 Å². The van der Waals surface area contributed by atoms with Gasteiger partial charge in [0.05, 0.1) is 12.4 Å². The highest BCUT2D eigenvalue weighted by atomic mass is 19.1. The van der Waals surface area contributed by atoms with Crippen LogP contribution in [0.5, 0.6) is 0 Å². The number of aromatic nitrogens is 2. The first-order chi connectivity index (χ1) is 11.7. The van der Waals surface area contributed by atoms with E-state index in [2.05, 4.69) is 20.6 Å². The minimum atomic E-state index is -0.399. The highest BCUT2D eigenvalue weighted by molar-refractivity contribution is 6.02. The second-order valence-corrected chi connectivity index (χ2v) is 5.09. The van der Waals surface area contributed by atoms with Gasteiger partial charge < -0.3 is 10.6 Å². The molecule has 0 spiro atoms. The molecule has 6 heteroatoms. The van der Waals surface area contributed by atoms with E-state index in [-0.39, 0.29) is 11.5 Å². The Balaban J connectivity index is 1.59. The van der Waals surface area contributed by atoms with Gasteiger partial charge in [-0.3, -0.25) is 4.79 Å². The summed E-state index contributed by atoms with van der Waals surface area (Å²) in [6.07, 6.45) is 2.90. The predicted molar refractivity (Wildman–Crippen MR) is 90.2 cm³/mol. The molecule has 5 nitrogen and oxygen atoms in total. The molecule has 0 bridgehead atoms. The van der Waals surface area contributed by atoms with Crippen LogP contribution in [0.1, 0.15) is 16.1 Å². The standard InChI is InChI=1S/C18H15FN4O/c19-14-6-8-15(9-7-14)23-18(24)16-11-22-17(12-20-16)21-10-13-4-2-1-3-5-13/h1-9,11-12H,10H2,(H,21,22)(H,23,24). The largest absolute Gasteiger partial charge is 0.365 e. The minimum absolute atomic E-state index is 0.185. The Hall–Kier alpha value is -3.28. The molecular formula is C18H15FN4O. The van der Waals surface area contributed by atoms with Crippen molar-refractivity contribution in [3.05, 3.63) is 84.1 Å². The summed E-state index contributed by atoms with van der Waals surface area (Å²) in [6, 6.07) is 15.4. The number of nitrogens with zero attached hydrogens (tertiary/aromatic N) is 2. The third-order valence-corrected chi connectivity index (χ3v) is 3.30. The number of halogens is 1. The fourth-order valence-corrected chi connectivity index (χ4v) is 2.05. The van der Waals surface area contributed by atoms with Gasteiger partial charge in [-0.2, -0.15) is 0 Å². The highest BCUT2D eigenvalue weighted by Crippen LogP contribution is 2.10. The maximum absolute atomic E-state index is 12.8. The van der Waals surface area contributed by atoms with Crippen LogP contribution < -0.4 is 10.6 Å². The summed E-state index contributed by atoms with van der Waals surface area (Å²) in [4.78, 5) is 20.3. The average Bonchev–Trinajstić information content (AvgIpc) is 2.63. The Morgan fingerprint density at radius 2 is 1.71 bits per heavy atom. The summed E-state index contributed by atoms with van der Waals surface area (Å²) >= 11 is 0. The number of rotatable bonds is 5. The van der Waals surface area contributed by atoms with Gasteiger partial charge in [-0.15, -0.1) is 0 Å². The molecule has 0 saturated heterocycles. The lowest BCUT2D eigenvalue weighted by Crippen LogP contribution is -2.14. The van der Waals surface area contributed by atoms with Gasteiger partial charge in [0.1, 0.15) is 17.3 Å². The van der Waals surface area contributed by atoms with Crippen LogP contribution in [0.2, 0.25) is 0 Å². The van der Waals surface area contributed by atoms with E-state index in [1.807, 2.05) is 30.3 Å². The molecule has 1 aromatic heterocycles. The SMILES string of the molecule is O=C(Nc1ccc(F)cc1)c1cnc(NCc2ccccc2)cn1. The summed E-state index contributed by atoms with van der Waals surface area (Å²) < 4.78 is 12.8. The van der Waals surface area contributed by atoms with Crippen molar-refractivity contribution < 1.29 is 9.18 Å². The van der Waals surface area contributed by atoms with Crippen molar-refractivity contribution >= 4 is 17.4 Å². The summed E-state index contributed by atoms with van der Waals surface area (Å²) in [5.74, 6) is -0.178. The van der Waals surface area contributed by atoms with Gasteiger partial charge >= 0.3 is 0 Å². The van der Waals surface area contributed by atoms with E-state index in [4.69, 9.17) is 0 Å². The Morgan fingerprint density at radius 1 is 0.958 bits per heavy atom. The molecule has 3 aromatic rings. The number of benzene rings is 2. The van der Waals surface area contributed by atoms with Crippen molar-refractivity contribution in [3.8, 4) is 0 Å². The molecule has 0 fully saturated rings. The summed E-state index contributed by atoms with van der Waals surface area (Å²) in [6.45, 7) is 0.622. The molecule has 3 rings (SSSR count). The maximum Gasteiger partial charge on any atom is 0.275 e. The molecule has 0 atom stereocenters. The second kappa shape index (κ2) is 7.32. The Kier molecular flexibility index (Phi) is 4.76. The van der Waals surface area contributed by atoms with Gasteiger partial charge in [-0.25, -0.2) is 14.4 Å². The normalized spacial score (nSPS) is 10.2. The molecule has 24 heavy (non-hydrogen) atoms. The van der Waals surface area contributed by atoms with Gasteiger partial charge in [0.2, 0.25) is 0 Å². The molecular weight excluding hydrogens is 307 g/mol. The molecule has 0 aliphatic heterocycles. The van der Waals surface area contributed by atoms with Crippen LogP contribution in [-0.4, -0.2) is 15.9 Å². The van der Waals surface area contributed by atoms with E-state index < -0.39 is 5.91 Å². The van der Waals surface area contributed by atoms with Gasteiger partial charge in [-0.05, 0) is 29.8 Å². The van der Waals surface area contributed by atoms with Gasteiger partial charge in [0.25, 0.3) is 5.91 Å². The highest BCUT2D eigenvalue weighted by Gasteiger charge is 2.08. The number of carbonyl (C=O) groups excluding carboxylic acids is 1. The fourth-order valence-electron chi connectivity index (χ4n) is 2.05. The molecule has 2 N–H and O–H groups in total. The third kappa shape index (κ3) is 4.13. The Bertz CT molecular complexity index is 805. The number of hydrogen-bond acceptors (Lipinski definition) is 4. The first kappa shape index (κ1) is 15.6. The molecule has 0 saturated carbocycles. The van der Waals surface area contributed by atoms with Crippen molar-refractivity contribution in [2.24, 2.45) is 0 Å². The zero-order valence-electron chi connectivity index (χ0n) is 12.7. The molecule has 0 radical (unpaired) electrons. The lowest BCUT2D eigenvalue weighted by Gasteiger charge is -2.07. The lowest BCUT2D eigenvalue weighted by molar-refractivity contribution is 0.102. The number of nitrogens with one attached hydrogen (secondary N) is 2. The molecule has 1 amide bonds. The monoisotopic (exact) mass is 322 g/mol. The maximum atomic E-state index is 12.8. The van der Waals surface area contributed by atoms with Crippen molar-refractivity contribution in [3.63, 3.8) is 0 Å². The van der Waals surface area contributed by atoms with Crippen molar-refractivity contribution in [1.82, 2.24) is 9.97 Å². The van der Waals surface area contributed by atoms with Crippen LogP contribution in [0.4, 0.5) is 15.9 Å². The van der Waals surface area contributed by atoms with Crippen LogP contribution in [0.25, 0.3) is 0 Å². The number of hydrogen-bond donors (Lipinski definition) is 2. The molecule has 0 aliphatic rings. The molecule has 1 heterocycles. The minimum Gasteiger partial charge on any atom is -0.365 e. The van der Waals surface area contributed by atoms with Crippen molar-refractivity contribution in [2.75, 3.05) is 10.6 Å². The molecule has 2 aromatic carbocycles. The van der Waals surface area contributed by atoms with Gasteiger partial charge in [0, 0.05) is 12.2 Å². The zero-order chi connectivity index (χ0) is 16.8. The van der Waals surface area contributed by atoms with E-state index in [1.54, 1.807) is 0 Å². The lowest BCUT2D eigenvalue weighted by atomic mass is 10.2. The number of anilines is 2. The van der Waals surface area contributed by atoms with E-state index >= 15 is 0 Å². The first-order valence-corrected chi connectivity index (χ1v) is 7.37. The molecule has 120 valence electrons. The summed E-state index contributed by atoms with van der Waals surface area (Å²) in [7, 11) is 0. The number of carbonyl (C=O) groups is 1. The van der Waals surface area contributed by atoms with E-state index in [9.17, 15) is 9.18 Å². The topological polar surface area (TPSA) is 66.9 Å². The van der Waals surface area contributed by atoms with Gasteiger partial charge in [-0.1, -0.05) is 30.3 Å². The van der Waals surface area contributed by atoms with Crippen molar-refractivity contribution in [2.45, 2.75) is 6.54 Å². The Labute approximate surface area is 138 Å². The average molecular weight is 322 g/mol. The van der Waals surface area contributed by atoms with Crippen LogP contribution in [0.15, 0.2) is 67.0 Å². The summed E-state index contributed by atoms with van der Waals surface area (Å²) in [5, 5.41) is 5.77. The zero-order valence-corrected chi connectivity index (χ0v) is 12.7. The van der Waals surface area contributed by atoms with E-state index in [1.165, 1.54) is 36.7 Å². The quantitative estimate of drug-likeness (QED) is 0.755.